The minimum atomic E-state index is -3.17. The molecule has 6 nitrogen and oxygen atoms in total. The van der Waals surface area contributed by atoms with E-state index in [9.17, 15) is 23.2 Å². The summed E-state index contributed by atoms with van der Waals surface area (Å²) in [7, 11) is 0. The predicted molar refractivity (Wildman–Crippen MR) is 139 cm³/mol. The molecule has 1 aliphatic heterocycles. The highest BCUT2D eigenvalue weighted by Crippen LogP contribution is 2.26. The van der Waals surface area contributed by atoms with Gasteiger partial charge in [0.1, 0.15) is 0 Å². The van der Waals surface area contributed by atoms with Gasteiger partial charge in [-0.3, -0.25) is 14.5 Å². The number of piperidine rings is 1. The number of rotatable bonds is 8. The van der Waals surface area contributed by atoms with Crippen molar-refractivity contribution in [2.75, 3.05) is 24.5 Å². The minimum Gasteiger partial charge on any atom is -0.344 e. The molecule has 8 heteroatoms. The van der Waals surface area contributed by atoms with Gasteiger partial charge in [-0.1, -0.05) is 66.7 Å². The zero-order valence-electron chi connectivity index (χ0n) is 20.4. The van der Waals surface area contributed by atoms with E-state index in [0.717, 1.165) is 54.7 Å². The molecule has 0 radical (unpaired) electrons. The molecule has 37 heavy (non-hydrogen) atoms. The number of Topliss-reactive ketones (excluding diaryl/α,β-unsaturated/α-hetero) is 1. The van der Waals surface area contributed by atoms with E-state index in [0.29, 0.717) is 12.1 Å². The van der Waals surface area contributed by atoms with Gasteiger partial charge in [0.15, 0.2) is 5.78 Å². The highest BCUT2D eigenvalue weighted by Gasteiger charge is 2.24. The van der Waals surface area contributed by atoms with E-state index < -0.39 is 24.7 Å². The Bertz CT molecular complexity index is 1210. The summed E-state index contributed by atoms with van der Waals surface area (Å²) in [6, 6.07) is 24.4. The van der Waals surface area contributed by atoms with Crippen molar-refractivity contribution in [2.45, 2.75) is 32.2 Å². The fourth-order valence-electron chi connectivity index (χ4n) is 4.31. The van der Waals surface area contributed by atoms with Crippen LogP contribution in [-0.2, 0) is 11.3 Å². The second kappa shape index (κ2) is 12.3. The zero-order chi connectivity index (χ0) is 26.2. The molecule has 1 heterocycles. The van der Waals surface area contributed by atoms with Crippen LogP contribution in [0.4, 0.5) is 19.3 Å². The standard InChI is InChI=1S/C29H29F2N3O3/c30-27(31)28(36)32-19-26(35)24-11-9-21(10-12-24)20-34(29(37)33-17-5-2-6-18-33)25-15-13-23(14-16-25)22-7-3-1-4-8-22/h1,3-4,7-16,27H,2,5-6,17-20H2,(H,32,36). The number of carbonyl (C=O) groups excluding carboxylic acids is 3. The number of hydrogen-bond acceptors (Lipinski definition) is 3. The number of benzene rings is 3. The van der Waals surface area contributed by atoms with Crippen LogP contribution in [0.1, 0.15) is 35.2 Å². The van der Waals surface area contributed by atoms with E-state index in [1.54, 1.807) is 29.2 Å². The molecule has 3 amide bonds. The van der Waals surface area contributed by atoms with Crippen molar-refractivity contribution < 1.29 is 23.2 Å². The molecular weight excluding hydrogens is 476 g/mol. The van der Waals surface area contributed by atoms with Gasteiger partial charge in [-0.05, 0) is 48.1 Å². The lowest BCUT2D eigenvalue weighted by molar-refractivity contribution is -0.131. The minimum absolute atomic E-state index is 0.0676. The summed E-state index contributed by atoms with van der Waals surface area (Å²) in [5.41, 5.74) is 4.01. The van der Waals surface area contributed by atoms with Crippen LogP contribution in [-0.4, -0.2) is 48.7 Å². The number of anilines is 1. The Morgan fingerprint density at radius 1 is 0.811 bits per heavy atom. The van der Waals surface area contributed by atoms with E-state index in [-0.39, 0.29) is 6.03 Å². The van der Waals surface area contributed by atoms with Crippen molar-refractivity contribution in [3.05, 3.63) is 90.0 Å². The van der Waals surface area contributed by atoms with Gasteiger partial charge >= 0.3 is 12.5 Å². The van der Waals surface area contributed by atoms with Gasteiger partial charge in [0, 0.05) is 24.3 Å². The van der Waals surface area contributed by atoms with Gasteiger partial charge in [-0.15, -0.1) is 0 Å². The molecule has 1 aliphatic rings. The smallest absolute Gasteiger partial charge is 0.324 e. The largest absolute Gasteiger partial charge is 0.344 e. The van der Waals surface area contributed by atoms with Crippen molar-refractivity contribution >= 4 is 23.4 Å². The molecular formula is C29H29F2N3O3. The monoisotopic (exact) mass is 505 g/mol. The Labute approximate surface area is 214 Å². The average molecular weight is 506 g/mol. The van der Waals surface area contributed by atoms with Crippen LogP contribution in [0.25, 0.3) is 11.1 Å². The van der Waals surface area contributed by atoms with Crippen LogP contribution in [0.5, 0.6) is 0 Å². The third kappa shape index (κ3) is 6.78. The summed E-state index contributed by atoms with van der Waals surface area (Å²) in [6.07, 6.45) is -0.0972. The Balaban J connectivity index is 1.51. The van der Waals surface area contributed by atoms with E-state index in [2.05, 4.69) is 0 Å². The maximum Gasteiger partial charge on any atom is 0.324 e. The molecule has 1 fully saturated rings. The summed E-state index contributed by atoms with van der Waals surface area (Å²) in [5, 5.41) is 1.92. The van der Waals surface area contributed by atoms with Crippen molar-refractivity contribution in [1.82, 2.24) is 10.2 Å². The Hall–Kier alpha value is -4.07. The lowest BCUT2D eigenvalue weighted by Gasteiger charge is -2.33. The van der Waals surface area contributed by atoms with Crippen LogP contribution >= 0.6 is 0 Å². The summed E-state index contributed by atoms with van der Waals surface area (Å²) < 4.78 is 24.7. The third-order valence-corrected chi connectivity index (χ3v) is 6.38. The van der Waals surface area contributed by atoms with Gasteiger partial charge in [0.05, 0.1) is 13.1 Å². The number of hydrogen-bond donors (Lipinski definition) is 1. The van der Waals surface area contributed by atoms with Gasteiger partial charge in [-0.2, -0.15) is 8.78 Å². The Morgan fingerprint density at radius 3 is 2.05 bits per heavy atom. The van der Waals surface area contributed by atoms with Gasteiger partial charge in [0.25, 0.3) is 5.91 Å². The SMILES string of the molecule is O=C(CNC(=O)C(F)F)c1ccc(CN(C(=O)N2CCCCC2)c2ccc(-c3ccccc3)cc2)cc1. The first kappa shape index (κ1) is 26.0. The lowest BCUT2D eigenvalue weighted by atomic mass is 10.0. The zero-order valence-corrected chi connectivity index (χ0v) is 20.4. The van der Waals surface area contributed by atoms with E-state index in [4.69, 9.17) is 0 Å². The molecule has 1 saturated heterocycles. The lowest BCUT2D eigenvalue weighted by Crippen LogP contribution is -2.45. The number of halogens is 2. The van der Waals surface area contributed by atoms with Gasteiger partial charge in [-0.25, -0.2) is 4.79 Å². The first-order valence-electron chi connectivity index (χ1n) is 12.3. The maximum atomic E-state index is 13.5. The first-order chi connectivity index (χ1) is 17.9. The second-order valence-corrected chi connectivity index (χ2v) is 8.97. The van der Waals surface area contributed by atoms with Crippen molar-refractivity contribution in [3.63, 3.8) is 0 Å². The van der Waals surface area contributed by atoms with E-state index >= 15 is 0 Å². The number of amides is 3. The molecule has 3 aromatic rings. The quantitative estimate of drug-likeness (QED) is 0.409. The molecule has 0 spiro atoms. The molecule has 4 rings (SSSR count). The predicted octanol–water partition coefficient (Wildman–Crippen LogP) is 5.53. The van der Waals surface area contributed by atoms with E-state index in [1.807, 2.05) is 64.8 Å². The normalized spacial score (nSPS) is 13.3. The summed E-state index contributed by atoms with van der Waals surface area (Å²) in [4.78, 5) is 40.4. The number of carbonyl (C=O) groups is 3. The topological polar surface area (TPSA) is 69.7 Å². The fraction of sp³-hybridized carbons (Fsp3) is 0.276. The summed E-state index contributed by atoms with van der Waals surface area (Å²) >= 11 is 0. The average Bonchev–Trinajstić information content (AvgIpc) is 2.95. The molecule has 3 aromatic carbocycles. The van der Waals surface area contributed by atoms with Crippen molar-refractivity contribution in [3.8, 4) is 11.1 Å². The molecule has 0 unspecified atom stereocenters. The highest BCUT2D eigenvalue weighted by molar-refractivity contribution is 5.99. The van der Waals surface area contributed by atoms with E-state index in [1.165, 1.54) is 0 Å². The molecule has 1 N–H and O–H groups in total. The van der Waals surface area contributed by atoms with Gasteiger partial charge in [0.2, 0.25) is 0 Å². The molecule has 192 valence electrons. The van der Waals surface area contributed by atoms with Crippen LogP contribution in [0.2, 0.25) is 0 Å². The van der Waals surface area contributed by atoms with Crippen LogP contribution in [0.15, 0.2) is 78.9 Å². The molecule has 0 atom stereocenters. The number of nitrogens with zero attached hydrogens (tertiary/aromatic N) is 2. The number of urea groups is 1. The fourth-order valence-corrected chi connectivity index (χ4v) is 4.31. The van der Waals surface area contributed by atoms with Crippen LogP contribution < -0.4 is 10.2 Å². The molecule has 0 aliphatic carbocycles. The summed E-state index contributed by atoms with van der Waals surface area (Å²) in [5.74, 6) is -1.95. The maximum absolute atomic E-state index is 13.5. The van der Waals surface area contributed by atoms with Gasteiger partial charge < -0.3 is 10.2 Å². The highest BCUT2D eigenvalue weighted by atomic mass is 19.3. The summed E-state index contributed by atoms with van der Waals surface area (Å²) in [6.45, 7) is 1.23. The van der Waals surface area contributed by atoms with Crippen LogP contribution in [0, 0.1) is 0 Å². The van der Waals surface area contributed by atoms with Crippen molar-refractivity contribution in [2.24, 2.45) is 0 Å². The Kier molecular flexibility index (Phi) is 8.61. The first-order valence-corrected chi connectivity index (χ1v) is 12.3. The number of ketones is 1. The van der Waals surface area contributed by atoms with Crippen LogP contribution in [0.3, 0.4) is 0 Å². The molecule has 0 bridgehead atoms. The molecule has 0 saturated carbocycles. The third-order valence-electron chi connectivity index (χ3n) is 6.38. The molecule has 0 aromatic heterocycles. The Morgan fingerprint density at radius 2 is 1.43 bits per heavy atom. The number of alkyl halides is 2. The van der Waals surface area contributed by atoms with Crippen molar-refractivity contribution in [1.29, 1.82) is 0 Å². The number of nitrogens with one attached hydrogen (secondary N) is 1. The number of likely N-dealkylation sites (tertiary alicyclic amines) is 1. The second-order valence-electron chi connectivity index (χ2n) is 8.97.